The van der Waals surface area contributed by atoms with Gasteiger partial charge in [-0.05, 0) is 36.8 Å². The third-order valence-corrected chi connectivity index (χ3v) is 7.11. The first kappa shape index (κ1) is 25.3. The Morgan fingerprint density at radius 2 is 1.82 bits per heavy atom. The molecule has 9 nitrogen and oxygen atoms in total. The van der Waals surface area contributed by atoms with Crippen molar-refractivity contribution in [1.29, 1.82) is 0 Å². The molecule has 10 heteroatoms. The largest absolute Gasteiger partial charge is 0.380 e. The van der Waals surface area contributed by atoms with Gasteiger partial charge in [0.1, 0.15) is 23.2 Å². The minimum Gasteiger partial charge on any atom is -0.380 e. The van der Waals surface area contributed by atoms with E-state index in [1.807, 2.05) is 67.6 Å². The maximum Gasteiger partial charge on any atom is 0.265 e. The van der Waals surface area contributed by atoms with Gasteiger partial charge >= 0.3 is 0 Å². The van der Waals surface area contributed by atoms with Crippen molar-refractivity contribution >= 4 is 44.9 Å². The summed E-state index contributed by atoms with van der Waals surface area (Å²) in [4.78, 5) is 42.6. The number of hydrogen-bond donors (Lipinski definition) is 3. The van der Waals surface area contributed by atoms with Crippen LogP contribution in [0, 0.1) is 0 Å². The first-order chi connectivity index (χ1) is 19.5. The minimum atomic E-state index is -0.519. The smallest absolute Gasteiger partial charge is 0.265 e. The lowest BCUT2D eigenvalue weighted by Gasteiger charge is -2.24. The van der Waals surface area contributed by atoms with Crippen LogP contribution in [0.5, 0.6) is 0 Å². The molecule has 0 saturated heterocycles. The molecule has 0 saturated carbocycles. The van der Waals surface area contributed by atoms with Gasteiger partial charge in [-0.2, -0.15) is 0 Å². The fourth-order valence-corrected chi connectivity index (χ4v) is 5.28. The molecular formula is C30H24ClN7O2. The monoisotopic (exact) mass is 549 g/mol. The van der Waals surface area contributed by atoms with Crippen LogP contribution in [-0.4, -0.2) is 24.5 Å². The molecule has 0 aliphatic carbocycles. The highest BCUT2D eigenvalue weighted by Gasteiger charge is 2.24. The number of nitrogens with zero attached hydrogens (tertiary/aromatic N) is 4. The molecular weight excluding hydrogens is 526 g/mol. The highest BCUT2D eigenvalue weighted by atomic mass is 35.5. The third kappa shape index (κ3) is 4.56. The van der Waals surface area contributed by atoms with E-state index in [0.29, 0.717) is 56.3 Å². The summed E-state index contributed by atoms with van der Waals surface area (Å²) in [6, 6.07) is 19.6. The van der Waals surface area contributed by atoms with E-state index in [1.54, 1.807) is 17.0 Å². The number of aromatic nitrogens is 5. The number of anilines is 2. The van der Waals surface area contributed by atoms with Crippen LogP contribution >= 0.6 is 11.6 Å². The number of para-hydroxylation sites is 1. The van der Waals surface area contributed by atoms with E-state index in [1.165, 1.54) is 18.6 Å². The Morgan fingerprint density at radius 3 is 2.62 bits per heavy atom. The van der Waals surface area contributed by atoms with Crippen molar-refractivity contribution < 1.29 is 0 Å². The van der Waals surface area contributed by atoms with Gasteiger partial charge in [0.25, 0.3) is 5.56 Å². The Kier molecular flexibility index (Phi) is 6.71. The van der Waals surface area contributed by atoms with E-state index < -0.39 is 6.04 Å². The molecule has 2 aromatic carbocycles. The first-order valence-electron chi connectivity index (χ1n) is 12.7. The van der Waals surface area contributed by atoms with Gasteiger partial charge in [-0.15, -0.1) is 0 Å². The Bertz CT molecular complexity index is 1950. The highest BCUT2D eigenvalue weighted by molar-refractivity contribution is 6.36. The first-order valence-corrected chi connectivity index (χ1v) is 13.0. The second-order valence-corrected chi connectivity index (χ2v) is 9.65. The third-order valence-electron chi connectivity index (χ3n) is 6.72. The Hall–Kier alpha value is -5.02. The number of rotatable bonds is 7. The molecule has 0 bridgehead atoms. The molecule has 4 aromatic heterocycles. The number of fused-ring (bicyclic) bond motifs is 2. The zero-order valence-electron chi connectivity index (χ0n) is 21.4. The van der Waals surface area contributed by atoms with Gasteiger partial charge in [0, 0.05) is 48.0 Å². The van der Waals surface area contributed by atoms with Crippen LogP contribution in [-0.2, 0) is 6.54 Å². The van der Waals surface area contributed by atoms with Gasteiger partial charge in [0.05, 0.1) is 22.1 Å². The quantitative estimate of drug-likeness (QED) is 0.242. The van der Waals surface area contributed by atoms with E-state index in [-0.39, 0.29) is 11.0 Å². The van der Waals surface area contributed by atoms with Crippen molar-refractivity contribution in [3.05, 3.63) is 129 Å². The zero-order valence-corrected chi connectivity index (χ0v) is 22.2. The van der Waals surface area contributed by atoms with Gasteiger partial charge in [-0.3, -0.25) is 19.1 Å². The number of nitrogens with one attached hydrogen (secondary N) is 3. The molecule has 4 heterocycles. The van der Waals surface area contributed by atoms with Gasteiger partial charge in [-0.25, -0.2) is 9.97 Å². The fourth-order valence-electron chi connectivity index (χ4n) is 4.88. The maximum absolute atomic E-state index is 14.3. The van der Waals surface area contributed by atoms with E-state index in [9.17, 15) is 9.59 Å². The topological polar surface area (TPSA) is 118 Å². The molecule has 0 aliphatic rings. The number of halogens is 1. The van der Waals surface area contributed by atoms with Gasteiger partial charge in [-0.1, -0.05) is 48.0 Å². The second kappa shape index (κ2) is 10.6. The van der Waals surface area contributed by atoms with Crippen molar-refractivity contribution in [3.8, 4) is 5.69 Å². The number of pyridine rings is 3. The summed E-state index contributed by atoms with van der Waals surface area (Å²) in [5.74, 6) is 0.342. The average molecular weight is 550 g/mol. The molecule has 0 amide bonds. The van der Waals surface area contributed by atoms with Crippen LogP contribution in [0.25, 0.3) is 27.5 Å². The minimum absolute atomic E-state index is 0.224. The normalized spacial score (nSPS) is 11.9. The van der Waals surface area contributed by atoms with Gasteiger partial charge in [0.2, 0.25) is 0 Å². The molecule has 40 heavy (non-hydrogen) atoms. The lowest BCUT2D eigenvalue weighted by molar-refractivity contribution is 0.774. The SMILES string of the molecule is C[C@H](Nc1ncnc2[nH]ccc(=O)c12)c1c(Cl)c2cccc(NCc3cccnc3)c2c(=O)n1-c1ccccc1. The fraction of sp³-hybridized carbons (Fsp3) is 0.100. The Labute approximate surface area is 233 Å². The summed E-state index contributed by atoms with van der Waals surface area (Å²) in [6.45, 7) is 2.37. The molecule has 1 atom stereocenters. The van der Waals surface area contributed by atoms with Crippen molar-refractivity contribution in [2.24, 2.45) is 0 Å². The summed E-state index contributed by atoms with van der Waals surface area (Å²) in [7, 11) is 0. The zero-order chi connectivity index (χ0) is 27.6. The molecule has 0 unspecified atom stereocenters. The van der Waals surface area contributed by atoms with Crippen molar-refractivity contribution in [3.63, 3.8) is 0 Å². The van der Waals surface area contributed by atoms with Crippen LogP contribution in [0.15, 0.2) is 101 Å². The summed E-state index contributed by atoms with van der Waals surface area (Å²) < 4.78 is 1.62. The van der Waals surface area contributed by atoms with Crippen molar-refractivity contribution in [1.82, 2.24) is 24.5 Å². The van der Waals surface area contributed by atoms with E-state index >= 15 is 0 Å². The van der Waals surface area contributed by atoms with Crippen molar-refractivity contribution in [2.45, 2.75) is 19.5 Å². The highest BCUT2D eigenvalue weighted by Crippen LogP contribution is 2.35. The molecule has 0 radical (unpaired) electrons. The van der Waals surface area contributed by atoms with E-state index in [4.69, 9.17) is 11.6 Å². The second-order valence-electron chi connectivity index (χ2n) is 9.27. The van der Waals surface area contributed by atoms with E-state index in [2.05, 4.69) is 30.6 Å². The lowest BCUT2D eigenvalue weighted by atomic mass is 10.0. The molecule has 198 valence electrons. The molecule has 0 spiro atoms. The molecule has 3 N–H and O–H groups in total. The number of hydrogen-bond acceptors (Lipinski definition) is 7. The Balaban J connectivity index is 1.52. The van der Waals surface area contributed by atoms with Crippen LogP contribution < -0.4 is 21.6 Å². The van der Waals surface area contributed by atoms with Gasteiger partial charge < -0.3 is 15.6 Å². The van der Waals surface area contributed by atoms with Crippen LogP contribution in [0.2, 0.25) is 5.02 Å². The predicted octanol–water partition coefficient (Wildman–Crippen LogP) is 5.46. The summed E-state index contributed by atoms with van der Waals surface area (Å²) in [5.41, 5.74) is 2.80. The number of aromatic amines is 1. The average Bonchev–Trinajstić information content (AvgIpc) is 2.98. The molecule has 6 rings (SSSR count). The van der Waals surface area contributed by atoms with Crippen LogP contribution in [0.1, 0.15) is 24.2 Å². The maximum atomic E-state index is 14.3. The summed E-state index contributed by atoms with van der Waals surface area (Å²) in [5, 5.41) is 8.51. The summed E-state index contributed by atoms with van der Waals surface area (Å²) >= 11 is 7.13. The van der Waals surface area contributed by atoms with E-state index in [0.717, 1.165) is 5.56 Å². The van der Waals surface area contributed by atoms with Crippen molar-refractivity contribution in [2.75, 3.05) is 10.6 Å². The van der Waals surface area contributed by atoms with Crippen LogP contribution in [0.4, 0.5) is 11.5 Å². The Morgan fingerprint density at radius 1 is 0.975 bits per heavy atom. The predicted molar refractivity (Wildman–Crippen MR) is 158 cm³/mol. The molecule has 0 fully saturated rings. The number of benzene rings is 2. The van der Waals surface area contributed by atoms with Gasteiger partial charge in [0.15, 0.2) is 5.43 Å². The molecule has 6 aromatic rings. The van der Waals surface area contributed by atoms with Crippen LogP contribution in [0.3, 0.4) is 0 Å². The molecule has 0 aliphatic heterocycles. The lowest BCUT2D eigenvalue weighted by Crippen LogP contribution is -2.27. The number of H-pyrrole nitrogens is 1. The summed E-state index contributed by atoms with van der Waals surface area (Å²) in [6.07, 6.45) is 6.41. The standard InChI is InChI=1S/C30H24ClN7O2/c1-18(37-29-25-23(39)12-14-33-28(25)35-17-36-29)27-26(31)21-10-5-11-22(34-16-19-7-6-13-32-15-19)24(21)30(40)38(27)20-8-3-2-4-9-20/h2-15,17-18,34H,16H2,1H3,(H2,33,35,36,37,39)/t18-/m0/s1.